The van der Waals surface area contributed by atoms with E-state index in [4.69, 9.17) is 0 Å². The highest BCUT2D eigenvalue weighted by molar-refractivity contribution is 7.62. The van der Waals surface area contributed by atoms with E-state index in [0.717, 1.165) is 0 Å². The van der Waals surface area contributed by atoms with Crippen LogP contribution in [0.5, 0.6) is 0 Å². The Labute approximate surface area is 152 Å². The quantitative estimate of drug-likeness (QED) is 0.640. The van der Waals surface area contributed by atoms with Crippen molar-refractivity contribution in [3.63, 3.8) is 0 Å². The monoisotopic (exact) mass is 367 g/mol. The van der Waals surface area contributed by atoms with Crippen molar-refractivity contribution < 1.29 is 4.89 Å². The lowest BCUT2D eigenvalue weighted by molar-refractivity contribution is 0.504. The molecule has 0 amide bonds. The first-order valence-electron chi connectivity index (χ1n) is 9.44. The Balaban J connectivity index is 2.25. The molecule has 0 bridgehead atoms. The first-order chi connectivity index (χ1) is 11.0. The van der Waals surface area contributed by atoms with E-state index in [1.54, 1.807) is 0 Å². The van der Waals surface area contributed by atoms with Gasteiger partial charge in [0.25, 0.3) is 0 Å². The Morgan fingerprint density at radius 3 is 2.04 bits per heavy atom. The third-order valence-electron chi connectivity index (χ3n) is 5.46. The van der Waals surface area contributed by atoms with Crippen LogP contribution in [0.2, 0.25) is 0 Å². The predicted molar refractivity (Wildman–Crippen MR) is 114 cm³/mol. The smallest absolute Gasteiger partial charge is 0.164 e. The first-order valence-corrected chi connectivity index (χ1v) is 12.4. The van der Waals surface area contributed by atoms with E-state index in [-0.39, 0.29) is 7.92 Å². The molecule has 1 aliphatic carbocycles. The van der Waals surface area contributed by atoms with Crippen LogP contribution in [0.1, 0.15) is 67.7 Å². The highest BCUT2D eigenvalue weighted by Crippen LogP contribution is 2.66. The molecular weight excluding hydrogens is 330 g/mol. The summed E-state index contributed by atoms with van der Waals surface area (Å²) in [6.07, 6.45) is 3.81. The van der Waals surface area contributed by atoms with Crippen LogP contribution in [-0.4, -0.2) is 26.5 Å². The second kappa shape index (κ2) is 7.73. The lowest BCUT2D eigenvalue weighted by Crippen LogP contribution is -2.36. The predicted octanol–water partition coefficient (Wildman–Crippen LogP) is 6.07. The maximum Gasteiger partial charge on any atom is 0.164 e. The average Bonchev–Trinajstić information content (AvgIpc) is 2.93. The molecule has 1 saturated carbocycles. The molecule has 0 radical (unpaired) electrons. The summed E-state index contributed by atoms with van der Waals surface area (Å²) in [5, 5.41) is 1.91. The Morgan fingerprint density at radius 2 is 1.54 bits per heavy atom. The molecule has 0 aromatic heterocycles. The SMILES string of the molecule is C[C@H](C1CCCC1[PH+](O)c1ccccc1)P(C(C)(C)C)C(C)(C)C. The van der Waals surface area contributed by atoms with Gasteiger partial charge in [-0.1, -0.05) is 74.6 Å². The second-order valence-corrected chi connectivity index (χ2v) is 15.7. The van der Waals surface area contributed by atoms with Crippen LogP contribution >= 0.6 is 16.1 Å². The summed E-state index contributed by atoms with van der Waals surface area (Å²) in [6.45, 7) is 17.0. The van der Waals surface area contributed by atoms with Crippen LogP contribution in [0.15, 0.2) is 30.3 Å². The van der Waals surface area contributed by atoms with Crippen molar-refractivity contribution in [1.82, 2.24) is 0 Å². The summed E-state index contributed by atoms with van der Waals surface area (Å²) in [5.74, 6) is 0.689. The molecule has 0 heterocycles. The molecule has 24 heavy (non-hydrogen) atoms. The number of benzene rings is 1. The van der Waals surface area contributed by atoms with Gasteiger partial charge in [-0.25, -0.2) is 4.89 Å². The Hall–Kier alpha value is 0.0400. The van der Waals surface area contributed by atoms with Gasteiger partial charge >= 0.3 is 0 Å². The minimum Gasteiger partial charge on any atom is -0.248 e. The number of hydrogen-bond acceptors (Lipinski definition) is 1. The van der Waals surface area contributed by atoms with E-state index in [2.05, 4.69) is 72.7 Å². The van der Waals surface area contributed by atoms with Gasteiger partial charge in [0.15, 0.2) is 8.15 Å². The van der Waals surface area contributed by atoms with Gasteiger partial charge in [0.2, 0.25) is 0 Å². The van der Waals surface area contributed by atoms with Crippen molar-refractivity contribution in [2.75, 3.05) is 0 Å². The highest BCUT2D eigenvalue weighted by atomic mass is 31.1. The third kappa shape index (κ3) is 4.60. The van der Waals surface area contributed by atoms with E-state index in [0.29, 0.717) is 27.5 Å². The normalized spacial score (nSPS) is 25.0. The number of rotatable bonds is 4. The zero-order valence-corrected chi connectivity index (χ0v) is 18.5. The molecule has 1 fully saturated rings. The third-order valence-corrected chi connectivity index (χ3v) is 11.9. The molecule has 0 aliphatic heterocycles. The van der Waals surface area contributed by atoms with E-state index < -0.39 is 8.15 Å². The highest BCUT2D eigenvalue weighted by Gasteiger charge is 2.48. The molecule has 0 saturated heterocycles. The van der Waals surface area contributed by atoms with Gasteiger partial charge < -0.3 is 0 Å². The Kier molecular flexibility index (Phi) is 6.56. The maximum atomic E-state index is 11.1. The van der Waals surface area contributed by atoms with Crippen molar-refractivity contribution in [1.29, 1.82) is 0 Å². The summed E-state index contributed by atoms with van der Waals surface area (Å²) < 4.78 is 0. The molecule has 3 heteroatoms. The molecule has 1 N–H and O–H groups in total. The molecular formula is C21H37OP2+. The molecule has 1 aromatic carbocycles. The topological polar surface area (TPSA) is 20.2 Å². The van der Waals surface area contributed by atoms with Gasteiger partial charge in [0.1, 0.15) is 11.0 Å². The summed E-state index contributed by atoms with van der Waals surface area (Å²) in [7, 11) is -1.58. The Morgan fingerprint density at radius 1 is 1.00 bits per heavy atom. The van der Waals surface area contributed by atoms with Gasteiger partial charge in [-0.05, 0) is 47.4 Å². The lowest BCUT2D eigenvalue weighted by Gasteiger charge is -2.47. The van der Waals surface area contributed by atoms with Gasteiger partial charge in [-0.15, -0.1) is 0 Å². The second-order valence-electron chi connectivity index (χ2n) is 9.40. The maximum absolute atomic E-state index is 11.1. The van der Waals surface area contributed by atoms with Gasteiger partial charge in [0, 0.05) is 5.92 Å². The lowest BCUT2D eigenvalue weighted by atomic mass is 10.0. The molecule has 1 aromatic rings. The summed E-state index contributed by atoms with van der Waals surface area (Å²) in [4.78, 5) is 11.1. The van der Waals surface area contributed by atoms with Gasteiger partial charge in [-0.2, -0.15) is 0 Å². The molecule has 0 spiro atoms. The fraction of sp³-hybridized carbons (Fsp3) is 0.714. The van der Waals surface area contributed by atoms with Crippen LogP contribution in [-0.2, 0) is 0 Å². The molecule has 1 nitrogen and oxygen atoms in total. The van der Waals surface area contributed by atoms with Crippen molar-refractivity contribution in [3.05, 3.63) is 30.3 Å². The Bertz CT molecular complexity index is 501. The molecule has 3 unspecified atom stereocenters. The largest absolute Gasteiger partial charge is 0.248 e. The molecule has 4 atom stereocenters. The summed E-state index contributed by atoms with van der Waals surface area (Å²) >= 11 is 0. The van der Waals surface area contributed by atoms with Crippen molar-refractivity contribution in [2.45, 2.75) is 89.4 Å². The molecule has 2 rings (SSSR count). The zero-order chi connectivity index (χ0) is 18.1. The van der Waals surface area contributed by atoms with Crippen LogP contribution in [0.3, 0.4) is 0 Å². The first kappa shape index (κ1) is 20.4. The molecule has 1 aliphatic rings. The van der Waals surface area contributed by atoms with Crippen LogP contribution < -0.4 is 5.30 Å². The fourth-order valence-electron chi connectivity index (χ4n) is 5.15. The van der Waals surface area contributed by atoms with Crippen LogP contribution in [0, 0.1) is 5.92 Å². The van der Waals surface area contributed by atoms with Crippen molar-refractivity contribution in [2.24, 2.45) is 5.92 Å². The minimum absolute atomic E-state index is 0.130. The van der Waals surface area contributed by atoms with Crippen molar-refractivity contribution in [3.8, 4) is 0 Å². The number of hydrogen-bond donors (Lipinski definition) is 1. The van der Waals surface area contributed by atoms with E-state index in [9.17, 15) is 4.89 Å². The van der Waals surface area contributed by atoms with Crippen LogP contribution in [0.25, 0.3) is 0 Å². The minimum atomic E-state index is -1.45. The average molecular weight is 367 g/mol. The zero-order valence-electron chi connectivity index (χ0n) is 16.6. The fourth-order valence-corrected chi connectivity index (χ4v) is 12.8. The van der Waals surface area contributed by atoms with Gasteiger partial charge in [-0.3, -0.25) is 0 Å². The van der Waals surface area contributed by atoms with E-state index in [1.165, 1.54) is 24.6 Å². The van der Waals surface area contributed by atoms with Crippen molar-refractivity contribution >= 4 is 21.4 Å². The standard InChI is InChI=1S/C21H36OP2/c1-16(24(20(2,3)4)21(5,6)7)18-14-11-15-19(18)23(22)17-12-9-8-10-13-17/h8-10,12-13,16,18-19,22H,11,14-15H2,1-7H3/p+1/t16-,18?,19?,23?/m1/s1. The van der Waals surface area contributed by atoms with E-state index in [1.807, 2.05) is 6.07 Å². The summed E-state index contributed by atoms with van der Waals surface area (Å²) in [5.41, 5.74) is 1.23. The van der Waals surface area contributed by atoms with Gasteiger partial charge in [0.05, 0.1) is 0 Å². The summed E-state index contributed by atoms with van der Waals surface area (Å²) in [6, 6.07) is 10.4. The molecule has 136 valence electrons. The van der Waals surface area contributed by atoms with E-state index >= 15 is 0 Å². The van der Waals surface area contributed by atoms with Crippen LogP contribution in [0.4, 0.5) is 0 Å².